The Kier molecular flexibility index (Phi) is 3.93. The van der Waals surface area contributed by atoms with Crippen molar-refractivity contribution >= 4 is 27.8 Å². The van der Waals surface area contributed by atoms with Gasteiger partial charge < -0.3 is 9.64 Å². The molecule has 3 heterocycles. The Morgan fingerprint density at radius 2 is 1.82 bits per heavy atom. The van der Waals surface area contributed by atoms with Crippen molar-refractivity contribution in [2.24, 2.45) is 0 Å². The van der Waals surface area contributed by atoms with E-state index in [1.807, 2.05) is 0 Å². The summed E-state index contributed by atoms with van der Waals surface area (Å²) < 4.78 is 5.45. The Bertz CT molecular complexity index is 731. The molecule has 1 saturated heterocycles. The maximum absolute atomic E-state index is 5.45. The van der Waals surface area contributed by atoms with E-state index in [1.165, 1.54) is 15.3 Å². The van der Waals surface area contributed by atoms with Crippen LogP contribution in [0.15, 0.2) is 47.8 Å². The van der Waals surface area contributed by atoms with E-state index in [-0.39, 0.29) is 0 Å². The summed E-state index contributed by atoms with van der Waals surface area (Å²) in [7, 11) is 0. The largest absolute Gasteiger partial charge is 0.378 e. The number of aromatic nitrogens is 1. The van der Waals surface area contributed by atoms with Gasteiger partial charge in [0.1, 0.15) is 5.69 Å². The van der Waals surface area contributed by atoms with Gasteiger partial charge in [0.15, 0.2) is 5.13 Å². The maximum Gasteiger partial charge on any atom is 0.186 e. The van der Waals surface area contributed by atoms with Crippen molar-refractivity contribution in [3.05, 3.63) is 47.8 Å². The zero-order valence-corrected chi connectivity index (χ0v) is 13.7. The van der Waals surface area contributed by atoms with Gasteiger partial charge in [0.05, 0.1) is 23.0 Å². The van der Waals surface area contributed by atoms with E-state index >= 15 is 0 Å². The van der Waals surface area contributed by atoms with Crippen LogP contribution in [0.25, 0.3) is 21.0 Å². The van der Waals surface area contributed by atoms with E-state index in [4.69, 9.17) is 9.72 Å². The topological polar surface area (TPSA) is 25.4 Å². The predicted molar refractivity (Wildman–Crippen MR) is 93.9 cm³/mol. The molecule has 1 aromatic carbocycles. The number of morpholine rings is 1. The van der Waals surface area contributed by atoms with Gasteiger partial charge in [0.2, 0.25) is 0 Å². The fourth-order valence-corrected chi connectivity index (χ4v) is 4.49. The lowest BCUT2D eigenvalue weighted by Gasteiger charge is -2.26. The van der Waals surface area contributed by atoms with E-state index < -0.39 is 0 Å². The molecular weight excluding hydrogens is 312 g/mol. The normalized spacial score (nSPS) is 15.2. The lowest BCUT2D eigenvalue weighted by molar-refractivity contribution is 0.122. The quantitative estimate of drug-likeness (QED) is 0.713. The van der Waals surface area contributed by atoms with Crippen LogP contribution in [-0.2, 0) is 4.74 Å². The number of hydrogen-bond acceptors (Lipinski definition) is 5. The Hall–Kier alpha value is -1.69. The molecule has 22 heavy (non-hydrogen) atoms. The first kappa shape index (κ1) is 13.9. The van der Waals surface area contributed by atoms with Crippen molar-refractivity contribution in [3.8, 4) is 21.0 Å². The van der Waals surface area contributed by atoms with Crippen molar-refractivity contribution in [1.29, 1.82) is 0 Å². The molecule has 2 aromatic heterocycles. The molecule has 3 nitrogen and oxygen atoms in total. The number of nitrogens with zero attached hydrogens (tertiary/aromatic N) is 2. The molecule has 0 atom stereocenters. The summed E-state index contributed by atoms with van der Waals surface area (Å²) in [6, 6.07) is 14.8. The monoisotopic (exact) mass is 328 g/mol. The number of benzene rings is 1. The van der Waals surface area contributed by atoms with Gasteiger partial charge in [-0.1, -0.05) is 47.7 Å². The third kappa shape index (κ3) is 2.67. The maximum atomic E-state index is 5.45. The van der Waals surface area contributed by atoms with Crippen molar-refractivity contribution in [1.82, 2.24) is 4.98 Å². The lowest BCUT2D eigenvalue weighted by atomic mass is 10.1. The van der Waals surface area contributed by atoms with Gasteiger partial charge in [0.25, 0.3) is 0 Å². The summed E-state index contributed by atoms with van der Waals surface area (Å²) >= 11 is 3.53. The Labute approximate surface area is 137 Å². The fourth-order valence-electron chi connectivity index (χ4n) is 2.56. The molecule has 0 saturated carbocycles. The van der Waals surface area contributed by atoms with Crippen LogP contribution in [0.2, 0.25) is 0 Å². The molecular formula is C17H16N2OS2. The molecule has 1 aliphatic heterocycles. The molecule has 0 N–H and O–H groups in total. The average molecular weight is 328 g/mol. The smallest absolute Gasteiger partial charge is 0.186 e. The van der Waals surface area contributed by atoms with Crippen LogP contribution in [0.4, 0.5) is 5.13 Å². The predicted octanol–water partition coefficient (Wildman–Crippen LogP) is 4.38. The van der Waals surface area contributed by atoms with Crippen LogP contribution in [0.3, 0.4) is 0 Å². The number of ether oxygens (including phenoxy) is 1. The minimum Gasteiger partial charge on any atom is -0.378 e. The molecule has 1 aliphatic rings. The van der Waals surface area contributed by atoms with Crippen molar-refractivity contribution in [2.75, 3.05) is 31.2 Å². The molecule has 0 unspecified atom stereocenters. The summed E-state index contributed by atoms with van der Waals surface area (Å²) in [5.74, 6) is 0. The second kappa shape index (κ2) is 6.20. The highest BCUT2D eigenvalue weighted by atomic mass is 32.1. The first-order valence-corrected chi connectivity index (χ1v) is 9.04. The van der Waals surface area contributed by atoms with Gasteiger partial charge in [-0.25, -0.2) is 4.98 Å². The third-order valence-electron chi connectivity index (χ3n) is 3.69. The highest BCUT2D eigenvalue weighted by Gasteiger charge is 2.20. The highest BCUT2D eigenvalue weighted by Crippen LogP contribution is 2.41. The van der Waals surface area contributed by atoms with E-state index in [0.717, 1.165) is 37.1 Å². The average Bonchev–Trinajstić information content (AvgIpc) is 3.26. The van der Waals surface area contributed by atoms with Gasteiger partial charge in [-0.2, -0.15) is 0 Å². The summed E-state index contributed by atoms with van der Waals surface area (Å²) in [6.07, 6.45) is 0. The summed E-state index contributed by atoms with van der Waals surface area (Å²) in [5, 5.41) is 3.21. The SMILES string of the molecule is c1ccc(-c2sc(N3CCOCC3)nc2-c2cccs2)cc1. The zero-order valence-electron chi connectivity index (χ0n) is 12.1. The van der Waals surface area contributed by atoms with Gasteiger partial charge >= 0.3 is 0 Å². The second-order valence-corrected chi connectivity index (χ2v) is 7.04. The molecule has 0 aliphatic carbocycles. The Morgan fingerprint density at radius 1 is 1.00 bits per heavy atom. The summed E-state index contributed by atoms with van der Waals surface area (Å²) in [5.41, 5.74) is 2.34. The Balaban J connectivity index is 1.79. The van der Waals surface area contributed by atoms with Crippen molar-refractivity contribution in [3.63, 3.8) is 0 Å². The van der Waals surface area contributed by atoms with Crippen LogP contribution in [0, 0.1) is 0 Å². The lowest BCUT2D eigenvalue weighted by Crippen LogP contribution is -2.36. The number of hydrogen-bond donors (Lipinski definition) is 0. The van der Waals surface area contributed by atoms with E-state index in [9.17, 15) is 0 Å². The third-order valence-corrected chi connectivity index (χ3v) is 5.73. The van der Waals surface area contributed by atoms with Gasteiger partial charge in [-0.05, 0) is 17.0 Å². The molecule has 0 amide bonds. The van der Waals surface area contributed by atoms with E-state index in [1.54, 1.807) is 22.7 Å². The Morgan fingerprint density at radius 3 is 2.55 bits per heavy atom. The van der Waals surface area contributed by atoms with Crippen LogP contribution < -0.4 is 4.90 Å². The highest BCUT2D eigenvalue weighted by molar-refractivity contribution is 7.20. The molecule has 0 bridgehead atoms. The second-order valence-electron chi connectivity index (χ2n) is 5.12. The number of thiophene rings is 1. The minimum atomic E-state index is 0.786. The number of rotatable bonds is 3. The first-order valence-electron chi connectivity index (χ1n) is 7.34. The number of anilines is 1. The van der Waals surface area contributed by atoms with Crippen LogP contribution in [0.5, 0.6) is 0 Å². The van der Waals surface area contributed by atoms with Crippen molar-refractivity contribution in [2.45, 2.75) is 0 Å². The van der Waals surface area contributed by atoms with Crippen LogP contribution in [0.1, 0.15) is 0 Å². The first-order chi connectivity index (χ1) is 10.9. The molecule has 4 rings (SSSR count). The summed E-state index contributed by atoms with van der Waals surface area (Å²) in [4.78, 5) is 9.77. The minimum absolute atomic E-state index is 0.786. The molecule has 5 heteroatoms. The molecule has 0 radical (unpaired) electrons. The van der Waals surface area contributed by atoms with Gasteiger partial charge in [0, 0.05) is 13.1 Å². The van der Waals surface area contributed by atoms with E-state index in [0.29, 0.717) is 0 Å². The van der Waals surface area contributed by atoms with Gasteiger partial charge in [-0.3, -0.25) is 0 Å². The molecule has 1 fully saturated rings. The fraction of sp³-hybridized carbons (Fsp3) is 0.235. The van der Waals surface area contributed by atoms with E-state index in [2.05, 4.69) is 52.7 Å². The van der Waals surface area contributed by atoms with Gasteiger partial charge in [-0.15, -0.1) is 11.3 Å². The molecule has 0 spiro atoms. The summed E-state index contributed by atoms with van der Waals surface area (Å²) in [6.45, 7) is 3.42. The standard InChI is InChI=1S/C17H16N2OS2/c1-2-5-13(6-3-1)16-15(14-7-4-12-21-14)18-17(22-16)19-8-10-20-11-9-19/h1-7,12H,8-11H2. The van der Waals surface area contributed by atoms with Crippen LogP contribution in [-0.4, -0.2) is 31.3 Å². The van der Waals surface area contributed by atoms with Crippen LogP contribution >= 0.6 is 22.7 Å². The van der Waals surface area contributed by atoms with Crippen molar-refractivity contribution < 1.29 is 4.74 Å². The molecule has 3 aromatic rings. The zero-order chi connectivity index (χ0) is 14.8. The molecule has 112 valence electrons. The number of thiazole rings is 1.